The molecule has 0 spiro atoms. The van der Waals surface area contributed by atoms with Crippen molar-refractivity contribution < 1.29 is 0 Å². The van der Waals surface area contributed by atoms with E-state index in [0.29, 0.717) is 15.6 Å². The number of nitrogens with two attached hydrogens (primary N) is 2. The van der Waals surface area contributed by atoms with E-state index in [1.54, 1.807) is 18.2 Å². The molecule has 2 aromatic rings. The molecule has 4 N–H and O–H groups in total. The molecule has 0 bridgehead atoms. The summed E-state index contributed by atoms with van der Waals surface area (Å²) >= 11 is 12.1. The lowest BCUT2D eigenvalue weighted by Gasteiger charge is -2.09. The van der Waals surface area contributed by atoms with Crippen LogP contribution in [0.5, 0.6) is 0 Å². The Balaban J connectivity index is 2.84. The summed E-state index contributed by atoms with van der Waals surface area (Å²) in [6.45, 7) is 0. The molecule has 1 aromatic heterocycles. The first kappa shape index (κ1) is 12.4. The van der Waals surface area contributed by atoms with Crippen molar-refractivity contribution in [2.24, 2.45) is 0 Å². The summed E-state index contributed by atoms with van der Waals surface area (Å²) in [6.07, 6.45) is 0. The van der Waals surface area contributed by atoms with Gasteiger partial charge in [-0.05, 0) is 12.1 Å². The van der Waals surface area contributed by atoms with Gasteiger partial charge in [0, 0.05) is 5.56 Å². The number of hydrogen-bond donors (Lipinski definition) is 2. The van der Waals surface area contributed by atoms with Crippen molar-refractivity contribution in [1.82, 2.24) is 9.97 Å². The van der Waals surface area contributed by atoms with Crippen molar-refractivity contribution in [3.05, 3.63) is 33.8 Å². The second-order valence-electron chi connectivity index (χ2n) is 3.40. The Morgan fingerprint density at radius 1 is 1.11 bits per heavy atom. The van der Waals surface area contributed by atoms with Crippen molar-refractivity contribution in [1.29, 1.82) is 5.26 Å². The highest BCUT2D eigenvalue weighted by atomic mass is 35.5. The van der Waals surface area contributed by atoms with Gasteiger partial charge in [0.25, 0.3) is 0 Å². The Morgan fingerprint density at radius 2 is 1.72 bits per heavy atom. The molecule has 0 saturated carbocycles. The van der Waals surface area contributed by atoms with Gasteiger partial charge in [-0.15, -0.1) is 0 Å². The predicted octanol–water partition coefficient (Wildman–Crippen LogP) is 2.49. The number of benzene rings is 1. The molecule has 0 atom stereocenters. The van der Waals surface area contributed by atoms with Crippen molar-refractivity contribution in [2.75, 3.05) is 11.5 Å². The Hall–Kier alpha value is -2.03. The topological polar surface area (TPSA) is 102 Å². The van der Waals surface area contributed by atoms with Crippen molar-refractivity contribution >= 4 is 35.0 Å². The van der Waals surface area contributed by atoms with E-state index in [1.165, 1.54) is 0 Å². The second kappa shape index (κ2) is 4.69. The maximum Gasteiger partial charge on any atom is 0.222 e. The number of rotatable bonds is 1. The van der Waals surface area contributed by atoms with E-state index in [4.69, 9.17) is 39.9 Å². The van der Waals surface area contributed by atoms with Gasteiger partial charge in [-0.1, -0.05) is 29.3 Å². The average molecular weight is 280 g/mol. The summed E-state index contributed by atoms with van der Waals surface area (Å²) in [5.41, 5.74) is 11.9. The van der Waals surface area contributed by atoms with Gasteiger partial charge in [0.2, 0.25) is 5.95 Å². The van der Waals surface area contributed by atoms with Crippen LogP contribution in [0.3, 0.4) is 0 Å². The van der Waals surface area contributed by atoms with Gasteiger partial charge in [0.15, 0.2) is 0 Å². The lowest BCUT2D eigenvalue weighted by Crippen LogP contribution is -2.05. The van der Waals surface area contributed by atoms with Gasteiger partial charge in [-0.25, -0.2) is 4.98 Å². The van der Waals surface area contributed by atoms with Crippen LogP contribution in [0.15, 0.2) is 18.2 Å². The SMILES string of the molecule is N#Cc1c(N)nc(N)nc1-c1c(Cl)cccc1Cl. The standard InChI is InChI=1S/C11H7Cl2N5/c12-6-2-1-3-7(13)8(6)9-5(4-14)10(15)18-11(16)17-9/h1-3H,(H4,15,16,17,18). The fourth-order valence-corrected chi connectivity index (χ4v) is 2.09. The number of halogens is 2. The Labute approximate surface area is 113 Å². The van der Waals surface area contributed by atoms with Gasteiger partial charge in [-0.3, -0.25) is 0 Å². The summed E-state index contributed by atoms with van der Waals surface area (Å²) in [7, 11) is 0. The maximum absolute atomic E-state index is 9.10. The third kappa shape index (κ3) is 2.04. The minimum Gasteiger partial charge on any atom is -0.382 e. The summed E-state index contributed by atoms with van der Waals surface area (Å²) < 4.78 is 0. The van der Waals surface area contributed by atoms with Crippen LogP contribution in [0.25, 0.3) is 11.3 Å². The van der Waals surface area contributed by atoms with Crippen LogP contribution < -0.4 is 11.5 Å². The minimum atomic E-state index is -0.0440. The van der Waals surface area contributed by atoms with E-state index in [-0.39, 0.29) is 23.0 Å². The molecule has 0 amide bonds. The normalized spacial score (nSPS) is 10.1. The molecular weight excluding hydrogens is 273 g/mol. The van der Waals surface area contributed by atoms with E-state index in [9.17, 15) is 0 Å². The first-order valence-corrected chi connectivity index (χ1v) is 5.57. The number of nitrogen functional groups attached to an aromatic ring is 2. The van der Waals surface area contributed by atoms with Crippen molar-refractivity contribution in [2.45, 2.75) is 0 Å². The fourth-order valence-electron chi connectivity index (χ4n) is 1.51. The summed E-state index contributed by atoms with van der Waals surface area (Å²) in [5, 5.41) is 9.81. The molecule has 0 aliphatic carbocycles. The first-order valence-electron chi connectivity index (χ1n) is 4.82. The molecule has 2 rings (SSSR count). The Morgan fingerprint density at radius 3 is 2.28 bits per heavy atom. The van der Waals surface area contributed by atoms with Gasteiger partial charge >= 0.3 is 0 Å². The Bertz CT molecular complexity index is 643. The van der Waals surface area contributed by atoms with Crippen LogP contribution in [0.1, 0.15) is 5.56 Å². The molecule has 5 nitrogen and oxygen atoms in total. The minimum absolute atomic E-state index is 0.00372. The molecule has 0 aliphatic rings. The number of hydrogen-bond acceptors (Lipinski definition) is 5. The molecule has 0 unspecified atom stereocenters. The fraction of sp³-hybridized carbons (Fsp3) is 0. The highest BCUT2D eigenvalue weighted by Gasteiger charge is 2.18. The molecule has 7 heteroatoms. The smallest absolute Gasteiger partial charge is 0.222 e. The molecule has 0 fully saturated rings. The van der Waals surface area contributed by atoms with Gasteiger partial charge < -0.3 is 11.5 Å². The average Bonchev–Trinajstić information content (AvgIpc) is 2.28. The van der Waals surface area contributed by atoms with E-state index >= 15 is 0 Å². The van der Waals surface area contributed by atoms with Crippen molar-refractivity contribution in [3.8, 4) is 17.3 Å². The van der Waals surface area contributed by atoms with Crippen LogP contribution in [0, 0.1) is 11.3 Å². The molecular formula is C11H7Cl2N5. The molecule has 18 heavy (non-hydrogen) atoms. The third-order valence-electron chi connectivity index (χ3n) is 2.27. The number of nitriles is 1. The van der Waals surface area contributed by atoms with Crippen LogP contribution >= 0.6 is 23.2 Å². The first-order chi connectivity index (χ1) is 8.54. The van der Waals surface area contributed by atoms with Crippen molar-refractivity contribution in [3.63, 3.8) is 0 Å². The highest BCUT2D eigenvalue weighted by Crippen LogP contribution is 2.36. The van der Waals surface area contributed by atoms with Crippen LogP contribution in [-0.4, -0.2) is 9.97 Å². The largest absolute Gasteiger partial charge is 0.382 e. The second-order valence-corrected chi connectivity index (χ2v) is 4.21. The number of anilines is 2. The van der Waals surface area contributed by atoms with Crippen LogP contribution in [0.4, 0.5) is 11.8 Å². The summed E-state index contributed by atoms with van der Waals surface area (Å²) in [6, 6.07) is 6.88. The van der Waals surface area contributed by atoms with Crippen LogP contribution in [-0.2, 0) is 0 Å². The third-order valence-corrected chi connectivity index (χ3v) is 2.90. The summed E-state index contributed by atoms with van der Waals surface area (Å²) in [4.78, 5) is 7.72. The van der Waals surface area contributed by atoms with Crippen LogP contribution in [0.2, 0.25) is 10.0 Å². The molecule has 1 heterocycles. The van der Waals surface area contributed by atoms with Gasteiger partial charge in [0.05, 0.1) is 15.7 Å². The lowest BCUT2D eigenvalue weighted by atomic mass is 10.1. The number of nitrogens with zero attached hydrogens (tertiary/aromatic N) is 3. The quantitative estimate of drug-likeness (QED) is 0.835. The summed E-state index contributed by atoms with van der Waals surface area (Å²) in [5.74, 6) is -0.0477. The maximum atomic E-state index is 9.10. The van der Waals surface area contributed by atoms with E-state index in [2.05, 4.69) is 9.97 Å². The zero-order chi connectivity index (χ0) is 13.3. The van der Waals surface area contributed by atoms with E-state index in [0.717, 1.165) is 0 Å². The van der Waals surface area contributed by atoms with Gasteiger partial charge in [0.1, 0.15) is 17.5 Å². The lowest BCUT2D eigenvalue weighted by molar-refractivity contribution is 1.18. The highest BCUT2D eigenvalue weighted by molar-refractivity contribution is 6.39. The zero-order valence-corrected chi connectivity index (χ0v) is 10.5. The van der Waals surface area contributed by atoms with E-state index in [1.807, 2.05) is 6.07 Å². The molecule has 0 radical (unpaired) electrons. The molecule has 0 aliphatic heterocycles. The zero-order valence-electron chi connectivity index (χ0n) is 8.98. The predicted molar refractivity (Wildman–Crippen MR) is 71.0 cm³/mol. The van der Waals surface area contributed by atoms with E-state index < -0.39 is 0 Å². The van der Waals surface area contributed by atoms with Gasteiger partial charge in [-0.2, -0.15) is 10.2 Å². The molecule has 1 aromatic carbocycles. The number of aromatic nitrogens is 2. The Kier molecular flexibility index (Phi) is 3.24. The molecule has 90 valence electrons. The monoisotopic (exact) mass is 279 g/mol. The molecule has 0 saturated heterocycles.